The Kier molecular flexibility index (Phi) is 5.77. The predicted molar refractivity (Wildman–Crippen MR) is 79.3 cm³/mol. The summed E-state index contributed by atoms with van der Waals surface area (Å²) < 4.78 is 4.57. The molecule has 0 aliphatic carbocycles. The van der Waals surface area contributed by atoms with E-state index in [2.05, 4.69) is 44.9 Å². The molecular formula is C16H22N2O2. The van der Waals surface area contributed by atoms with Crippen molar-refractivity contribution in [3.63, 3.8) is 0 Å². The Morgan fingerprint density at radius 3 is 2.45 bits per heavy atom. The lowest BCUT2D eigenvalue weighted by atomic mass is 10.2. The second-order valence-electron chi connectivity index (χ2n) is 4.99. The number of hydrogen-bond donors (Lipinski definition) is 0. The standard InChI is InChI=1S/C16H22N2O2/c1-20-16(19)8-5-9-17-10-12-18(13-11-17)14-15-6-3-2-4-7-15/h2-8H,9-14H2,1H3. The van der Waals surface area contributed by atoms with E-state index in [-0.39, 0.29) is 5.97 Å². The smallest absolute Gasteiger partial charge is 0.330 e. The van der Waals surface area contributed by atoms with Crippen LogP contribution in [-0.2, 0) is 16.1 Å². The zero-order valence-corrected chi connectivity index (χ0v) is 12.0. The highest BCUT2D eigenvalue weighted by molar-refractivity contribution is 5.81. The molecule has 108 valence electrons. The Bertz CT molecular complexity index is 437. The van der Waals surface area contributed by atoms with Gasteiger partial charge in [-0.25, -0.2) is 4.79 Å². The van der Waals surface area contributed by atoms with E-state index in [0.29, 0.717) is 0 Å². The summed E-state index contributed by atoms with van der Waals surface area (Å²) in [4.78, 5) is 15.8. The van der Waals surface area contributed by atoms with Crippen molar-refractivity contribution in [3.05, 3.63) is 48.0 Å². The maximum absolute atomic E-state index is 11.0. The lowest BCUT2D eigenvalue weighted by Crippen LogP contribution is -2.45. The first-order valence-electron chi connectivity index (χ1n) is 7.01. The molecule has 1 fully saturated rings. The Hall–Kier alpha value is -1.65. The van der Waals surface area contributed by atoms with Gasteiger partial charge in [0.2, 0.25) is 0 Å². The van der Waals surface area contributed by atoms with E-state index in [4.69, 9.17) is 0 Å². The summed E-state index contributed by atoms with van der Waals surface area (Å²) in [6.45, 7) is 6.06. The Morgan fingerprint density at radius 1 is 1.15 bits per heavy atom. The second kappa shape index (κ2) is 7.82. The number of benzene rings is 1. The van der Waals surface area contributed by atoms with Crippen LogP contribution >= 0.6 is 0 Å². The number of methoxy groups -OCH3 is 1. The molecule has 4 nitrogen and oxygen atoms in total. The van der Waals surface area contributed by atoms with Crippen LogP contribution in [-0.4, -0.2) is 55.6 Å². The lowest BCUT2D eigenvalue weighted by Gasteiger charge is -2.34. The fourth-order valence-corrected chi connectivity index (χ4v) is 2.34. The molecule has 0 radical (unpaired) electrons. The molecule has 1 saturated heterocycles. The number of carbonyl (C=O) groups is 1. The topological polar surface area (TPSA) is 32.8 Å². The number of carbonyl (C=O) groups excluding carboxylic acids is 1. The summed E-state index contributed by atoms with van der Waals surface area (Å²) in [7, 11) is 1.40. The van der Waals surface area contributed by atoms with Crippen LogP contribution in [0.2, 0.25) is 0 Å². The number of hydrogen-bond acceptors (Lipinski definition) is 4. The molecule has 0 atom stereocenters. The molecular weight excluding hydrogens is 252 g/mol. The minimum absolute atomic E-state index is 0.285. The first-order valence-corrected chi connectivity index (χ1v) is 7.01. The Labute approximate surface area is 120 Å². The van der Waals surface area contributed by atoms with E-state index < -0.39 is 0 Å². The number of esters is 1. The molecule has 4 heteroatoms. The average molecular weight is 274 g/mol. The van der Waals surface area contributed by atoms with Gasteiger partial charge in [-0.2, -0.15) is 0 Å². The first-order chi connectivity index (χ1) is 9.78. The maximum Gasteiger partial charge on any atom is 0.330 e. The lowest BCUT2D eigenvalue weighted by molar-refractivity contribution is -0.134. The third-order valence-corrected chi connectivity index (χ3v) is 3.53. The molecule has 0 amide bonds. The molecule has 1 heterocycles. The largest absolute Gasteiger partial charge is 0.466 e. The third kappa shape index (κ3) is 4.79. The van der Waals surface area contributed by atoms with Gasteiger partial charge in [-0.1, -0.05) is 36.4 Å². The van der Waals surface area contributed by atoms with Crippen molar-refractivity contribution in [2.75, 3.05) is 39.8 Å². The highest BCUT2D eigenvalue weighted by atomic mass is 16.5. The van der Waals surface area contributed by atoms with Crippen LogP contribution in [0, 0.1) is 0 Å². The molecule has 1 aromatic carbocycles. The fourth-order valence-electron chi connectivity index (χ4n) is 2.34. The fraction of sp³-hybridized carbons (Fsp3) is 0.438. The van der Waals surface area contributed by atoms with E-state index in [9.17, 15) is 4.79 Å². The summed E-state index contributed by atoms with van der Waals surface area (Å²) in [5.74, 6) is -0.285. The molecule has 0 unspecified atom stereocenters. The van der Waals surface area contributed by atoms with Gasteiger partial charge in [0.25, 0.3) is 0 Å². The van der Waals surface area contributed by atoms with Gasteiger partial charge in [-0.3, -0.25) is 9.80 Å². The van der Waals surface area contributed by atoms with Crippen molar-refractivity contribution in [1.82, 2.24) is 9.80 Å². The van der Waals surface area contributed by atoms with Crippen molar-refractivity contribution < 1.29 is 9.53 Å². The van der Waals surface area contributed by atoms with Crippen LogP contribution in [0.1, 0.15) is 5.56 Å². The van der Waals surface area contributed by atoms with Gasteiger partial charge in [0.05, 0.1) is 7.11 Å². The minimum Gasteiger partial charge on any atom is -0.466 e. The van der Waals surface area contributed by atoms with Crippen molar-refractivity contribution >= 4 is 5.97 Å². The van der Waals surface area contributed by atoms with Crippen LogP contribution in [0.4, 0.5) is 0 Å². The molecule has 0 N–H and O–H groups in total. The molecule has 1 aromatic rings. The number of ether oxygens (including phenoxy) is 1. The number of piperazine rings is 1. The maximum atomic E-state index is 11.0. The van der Waals surface area contributed by atoms with Crippen molar-refractivity contribution in [3.8, 4) is 0 Å². The molecule has 0 spiro atoms. The minimum atomic E-state index is -0.285. The van der Waals surface area contributed by atoms with Crippen molar-refractivity contribution in [1.29, 1.82) is 0 Å². The SMILES string of the molecule is COC(=O)C=CCN1CCN(Cc2ccccc2)CC1. The molecule has 0 saturated carbocycles. The highest BCUT2D eigenvalue weighted by Gasteiger charge is 2.15. The van der Waals surface area contributed by atoms with Crippen molar-refractivity contribution in [2.45, 2.75) is 6.54 Å². The molecule has 1 aliphatic heterocycles. The van der Waals surface area contributed by atoms with Crippen molar-refractivity contribution in [2.24, 2.45) is 0 Å². The summed E-state index contributed by atoms with van der Waals surface area (Å²) in [5.41, 5.74) is 1.37. The van der Waals surface area contributed by atoms with E-state index in [1.807, 2.05) is 6.08 Å². The first kappa shape index (κ1) is 14.8. The number of nitrogens with zero attached hydrogens (tertiary/aromatic N) is 2. The summed E-state index contributed by atoms with van der Waals surface area (Å²) in [6.07, 6.45) is 3.37. The predicted octanol–water partition coefficient (Wildman–Crippen LogP) is 1.53. The van der Waals surface area contributed by atoms with E-state index in [1.54, 1.807) is 0 Å². The Morgan fingerprint density at radius 2 is 1.80 bits per heavy atom. The van der Waals surface area contributed by atoms with Gasteiger partial charge in [0.1, 0.15) is 0 Å². The molecule has 0 aromatic heterocycles. The summed E-state index contributed by atoms with van der Waals surface area (Å²) in [6, 6.07) is 10.6. The third-order valence-electron chi connectivity index (χ3n) is 3.53. The number of rotatable bonds is 5. The normalized spacial score (nSPS) is 17.4. The van der Waals surface area contributed by atoms with E-state index in [1.165, 1.54) is 18.7 Å². The van der Waals surface area contributed by atoms with Crippen LogP contribution in [0.3, 0.4) is 0 Å². The second-order valence-corrected chi connectivity index (χ2v) is 4.99. The molecule has 20 heavy (non-hydrogen) atoms. The van der Waals surface area contributed by atoms with Gasteiger partial charge in [0.15, 0.2) is 0 Å². The van der Waals surface area contributed by atoms with E-state index in [0.717, 1.165) is 39.3 Å². The van der Waals surface area contributed by atoms with Gasteiger partial charge >= 0.3 is 5.97 Å². The molecule has 2 rings (SSSR count). The van der Waals surface area contributed by atoms with Gasteiger partial charge in [-0.05, 0) is 5.56 Å². The van der Waals surface area contributed by atoms with Gasteiger partial charge in [0, 0.05) is 45.3 Å². The van der Waals surface area contributed by atoms with Crippen LogP contribution in [0.5, 0.6) is 0 Å². The van der Waals surface area contributed by atoms with Crippen LogP contribution in [0.25, 0.3) is 0 Å². The Balaban J connectivity index is 1.70. The monoisotopic (exact) mass is 274 g/mol. The van der Waals surface area contributed by atoms with Crippen LogP contribution in [0.15, 0.2) is 42.5 Å². The quantitative estimate of drug-likeness (QED) is 0.602. The zero-order chi connectivity index (χ0) is 14.2. The average Bonchev–Trinajstić information content (AvgIpc) is 2.50. The molecule has 1 aliphatic rings. The van der Waals surface area contributed by atoms with Gasteiger partial charge < -0.3 is 4.74 Å². The highest BCUT2D eigenvalue weighted by Crippen LogP contribution is 2.08. The van der Waals surface area contributed by atoms with Gasteiger partial charge in [-0.15, -0.1) is 0 Å². The molecule has 0 bridgehead atoms. The summed E-state index contributed by atoms with van der Waals surface area (Å²) in [5, 5.41) is 0. The van der Waals surface area contributed by atoms with Crippen LogP contribution < -0.4 is 0 Å². The zero-order valence-electron chi connectivity index (χ0n) is 12.0. The van der Waals surface area contributed by atoms with E-state index >= 15 is 0 Å². The summed E-state index contributed by atoms with van der Waals surface area (Å²) >= 11 is 0.